The topological polar surface area (TPSA) is 65.7 Å². The number of aromatic carboxylic acids is 1. The number of aliphatic hydroxyl groups excluding tert-OH is 1. The summed E-state index contributed by atoms with van der Waals surface area (Å²) in [6.45, 7) is 6.92. The van der Waals surface area contributed by atoms with Crippen LogP contribution in [0.25, 0.3) is 5.69 Å². The summed E-state index contributed by atoms with van der Waals surface area (Å²) < 4.78 is 2.17. The lowest BCUT2D eigenvalue weighted by molar-refractivity contribution is 0.0696. The molecule has 0 radical (unpaired) electrons. The van der Waals surface area contributed by atoms with Gasteiger partial charge in [0.1, 0.15) is 0 Å². The molecule has 24 heavy (non-hydrogen) atoms. The van der Waals surface area contributed by atoms with Crippen LogP contribution < -0.4 is 0 Å². The van der Waals surface area contributed by atoms with Crippen LogP contribution in [0, 0.1) is 13.8 Å². The highest BCUT2D eigenvalue weighted by Gasteiger charge is 2.19. The van der Waals surface area contributed by atoms with Crippen molar-refractivity contribution in [3.05, 3.63) is 52.8 Å². The maximum absolute atomic E-state index is 11.0. The van der Waals surface area contributed by atoms with Gasteiger partial charge in [-0.3, -0.25) is 4.90 Å². The summed E-state index contributed by atoms with van der Waals surface area (Å²) in [5, 5.41) is 18.7. The summed E-state index contributed by atoms with van der Waals surface area (Å²) >= 11 is 0. The number of hydrogen-bond acceptors (Lipinski definition) is 3. The minimum absolute atomic E-state index is 0.151. The number of carbonyl (C=O) groups is 1. The van der Waals surface area contributed by atoms with Gasteiger partial charge in [0.05, 0.1) is 11.7 Å². The van der Waals surface area contributed by atoms with Crippen LogP contribution in [0.15, 0.2) is 30.3 Å². The summed E-state index contributed by atoms with van der Waals surface area (Å²) in [4.78, 5) is 13.4. The van der Waals surface area contributed by atoms with Gasteiger partial charge in [-0.2, -0.15) is 0 Å². The van der Waals surface area contributed by atoms with Crippen LogP contribution in [0.3, 0.4) is 0 Å². The number of carboxylic acid groups (broad SMARTS) is 1. The molecule has 0 aliphatic carbocycles. The maximum Gasteiger partial charge on any atom is 0.335 e. The Balaban J connectivity index is 1.82. The summed E-state index contributed by atoms with van der Waals surface area (Å²) in [5.41, 5.74) is 4.89. The van der Waals surface area contributed by atoms with Crippen molar-refractivity contribution in [2.24, 2.45) is 0 Å². The quantitative estimate of drug-likeness (QED) is 0.906. The molecule has 3 rings (SSSR count). The lowest BCUT2D eigenvalue weighted by atomic mass is 10.1. The Bertz CT molecular complexity index is 726. The van der Waals surface area contributed by atoms with Gasteiger partial charge >= 0.3 is 5.97 Å². The molecule has 0 saturated carbocycles. The van der Waals surface area contributed by atoms with Gasteiger partial charge in [-0.05, 0) is 62.6 Å². The van der Waals surface area contributed by atoms with Crippen LogP contribution in [0.1, 0.15) is 40.2 Å². The number of aryl methyl sites for hydroxylation is 1. The largest absolute Gasteiger partial charge is 0.478 e. The fourth-order valence-corrected chi connectivity index (χ4v) is 3.46. The van der Waals surface area contributed by atoms with E-state index in [4.69, 9.17) is 5.11 Å². The first kappa shape index (κ1) is 16.7. The van der Waals surface area contributed by atoms with E-state index in [2.05, 4.69) is 29.4 Å². The predicted octanol–water partition coefficient (Wildman–Crippen LogP) is 2.75. The second kappa shape index (κ2) is 6.79. The van der Waals surface area contributed by atoms with Crippen LogP contribution in [-0.2, 0) is 6.54 Å². The van der Waals surface area contributed by atoms with E-state index < -0.39 is 5.97 Å². The molecule has 0 amide bonds. The van der Waals surface area contributed by atoms with E-state index in [0.717, 1.165) is 43.9 Å². The number of rotatable bonds is 4. The summed E-state index contributed by atoms with van der Waals surface area (Å²) in [6.07, 6.45) is 1.53. The molecule has 128 valence electrons. The van der Waals surface area contributed by atoms with Gasteiger partial charge in [0.15, 0.2) is 0 Å². The van der Waals surface area contributed by atoms with Crippen molar-refractivity contribution in [1.29, 1.82) is 0 Å². The zero-order valence-corrected chi connectivity index (χ0v) is 14.2. The first-order valence-electron chi connectivity index (χ1n) is 8.37. The third-order valence-electron chi connectivity index (χ3n) is 4.86. The number of aliphatic hydroxyl groups is 1. The number of benzene rings is 1. The molecule has 5 nitrogen and oxygen atoms in total. The Morgan fingerprint density at radius 1 is 1.17 bits per heavy atom. The Kier molecular flexibility index (Phi) is 4.73. The van der Waals surface area contributed by atoms with E-state index in [1.165, 1.54) is 11.3 Å². The first-order chi connectivity index (χ1) is 11.5. The van der Waals surface area contributed by atoms with E-state index >= 15 is 0 Å². The zero-order chi connectivity index (χ0) is 17.3. The highest BCUT2D eigenvalue weighted by molar-refractivity contribution is 5.87. The van der Waals surface area contributed by atoms with E-state index in [0.29, 0.717) is 5.56 Å². The molecule has 2 aromatic rings. The van der Waals surface area contributed by atoms with E-state index in [1.807, 2.05) is 12.1 Å². The third kappa shape index (κ3) is 3.37. The van der Waals surface area contributed by atoms with Crippen LogP contribution in [-0.4, -0.2) is 44.8 Å². The highest BCUT2D eigenvalue weighted by atomic mass is 16.4. The molecule has 1 aliphatic heterocycles. The Morgan fingerprint density at radius 2 is 1.79 bits per heavy atom. The van der Waals surface area contributed by atoms with Gasteiger partial charge in [-0.1, -0.05) is 0 Å². The van der Waals surface area contributed by atoms with Crippen molar-refractivity contribution in [2.75, 3.05) is 13.1 Å². The van der Waals surface area contributed by atoms with Gasteiger partial charge < -0.3 is 14.8 Å². The van der Waals surface area contributed by atoms with Gasteiger partial charge in [0.25, 0.3) is 0 Å². The van der Waals surface area contributed by atoms with E-state index in [9.17, 15) is 9.90 Å². The molecule has 0 unspecified atom stereocenters. The summed E-state index contributed by atoms with van der Waals surface area (Å²) in [5.74, 6) is -0.907. The molecule has 1 saturated heterocycles. The van der Waals surface area contributed by atoms with E-state index in [-0.39, 0.29) is 6.10 Å². The van der Waals surface area contributed by atoms with Crippen LogP contribution >= 0.6 is 0 Å². The Morgan fingerprint density at radius 3 is 2.38 bits per heavy atom. The normalized spacial score (nSPS) is 16.5. The molecule has 5 heteroatoms. The monoisotopic (exact) mass is 328 g/mol. The molecule has 0 bridgehead atoms. The Hall–Kier alpha value is -2.11. The average Bonchev–Trinajstić information content (AvgIpc) is 2.83. The standard InChI is InChI=1S/C19H24N2O3/c1-13-11-16(12-20-9-7-18(22)8-10-20)14(2)21(13)17-5-3-15(4-6-17)19(23)24/h3-6,11,18,22H,7-10,12H2,1-2H3,(H,23,24). The van der Waals surface area contributed by atoms with Gasteiger partial charge in [-0.25, -0.2) is 4.79 Å². The minimum atomic E-state index is -0.907. The zero-order valence-electron chi connectivity index (χ0n) is 14.2. The first-order valence-corrected chi connectivity index (χ1v) is 8.37. The average molecular weight is 328 g/mol. The molecule has 1 aromatic carbocycles. The van der Waals surface area contributed by atoms with Crippen LogP contribution in [0.4, 0.5) is 0 Å². The molecule has 2 heterocycles. The maximum atomic E-state index is 11.0. The van der Waals surface area contributed by atoms with Gasteiger partial charge in [0, 0.05) is 36.7 Å². The molecule has 1 aliphatic rings. The second-order valence-corrected chi connectivity index (χ2v) is 6.59. The van der Waals surface area contributed by atoms with Gasteiger partial charge in [0.2, 0.25) is 0 Å². The number of likely N-dealkylation sites (tertiary alicyclic amines) is 1. The molecular weight excluding hydrogens is 304 g/mol. The van der Waals surface area contributed by atoms with Crippen molar-refractivity contribution < 1.29 is 15.0 Å². The van der Waals surface area contributed by atoms with Crippen molar-refractivity contribution in [1.82, 2.24) is 9.47 Å². The fraction of sp³-hybridized carbons (Fsp3) is 0.421. The molecule has 1 fully saturated rings. The third-order valence-corrected chi connectivity index (χ3v) is 4.86. The van der Waals surface area contributed by atoms with Crippen molar-refractivity contribution in [2.45, 2.75) is 39.3 Å². The molecule has 2 N–H and O–H groups in total. The second-order valence-electron chi connectivity index (χ2n) is 6.59. The van der Waals surface area contributed by atoms with Crippen molar-refractivity contribution in [3.8, 4) is 5.69 Å². The van der Waals surface area contributed by atoms with Gasteiger partial charge in [-0.15, -0.1) is 0 Å². The number of aromatic nitrogens is 1. The van der Waals surface area contributed by atoms with Crippen molar-refractivity contribution in [3.63, 3.8) is 0 Å². The van der Waals surface area contributed by atoms with Crippen LogP contribution in [0.5, 0.6) is 0 Å². The Labute approximate surface area is 142 Å². The number of carboxylic acids is 1. The molecule has 1 aromatic heterocycles. The lowest BCUT2D eigenvalue weighted by Gasteiger charge is -2.29. The number of nitrogens with zero attached hydrogens (tertiary/aromatic N) is 2. The summed E-state index contributed by atoms with van der Waals surface area (Å²) in [6, 6.07) is 9.19. The lowest BCUT2D eigenvalue weighted by Crippen LogP contribution is -2.35. The fourth-order valence-electron chi connectivity index (χ4n) is 3.46. The van der Waals surface area contributed by atoms with Crippen molar-refractivity contribution >= 4 is 5.97 Å². The molecular formula is C19H24N2O3. The predicted molar refractivity (Wildman–Crippen MR) is 92.7 cm³/mol. The SMILES string of the molecule is Cc1cc(CN2CCC(O)CC2)c(C)n1-c1ccc(C(=O)O)cc1. The van der Waals surface area contributed by atoms with E-state index in [1.54, 1.807) is 12.1 Å². The smallest absolute Gasteiger partial charge is 0.335 e. The number of piperidine rings is 1. The molecule has 0 atom stereocenters. The molecule has 0 spiro atoms. The highest BCUT2D eigenvalue weighted by Crippen LogP contribution is 2.23. The van der Waals surface area contributed by atoms with Crippen LogP contribution in [0.2, 0.25) is 0 Å². The number of hydrogen-bond donors (Lipinski definition) is 2. The summed E-state index contributed by atoms with van der Waals surface area (Å²) in [7, 11) is 0. The minimum Gasteiger partial charge on any atom is -0.478 e.